The Balaban J connectivity index is 2.48. The van der Waals surface area contributed by atoms with Gasteiger partial charge in [-0.25, -0.2) is 0 Å². The minimum Gasteiger partial charge on any atom is -0.414 e. The van der Waals surface area contributed by atoms with Gasteiger partial charge in [0, 0.05) is 6.10 Å². The summed E-state index contributed by atoms with van der Waals surface area (Å²) >= 11 is 0. The van der Waals surface area contributed by atoms with Gasteiger partial charge in [-0.2, -0.15) is 0 Å². The maximum atomic E-state index is 6.16. The van der Waals surface area contributed by atoms with Crippen molar-refractivity contribution in [3.8, 4) is 0 Å². The van der Waals surface area contributed by atoms with Crippen LogP contribution in [0, 0.1) is 0 Å². The van der Waals surface area contributed by atoms with Gasteiger partial charge in [0.15, 0.2) is 8.32 Å². The molecule has 0 spiro atoms. The second kappa shape index (κ2) is 5.13. The summed E-state index contributed by atoms with van der Waals surface area (Å²) in [5.41, 5.74) is 1.55. The third-order valence-corrected chi connectivity index (χ3v) is 3.64. The second-order valence-corrected chi connectivity index (χ2v) is 9.84. The summed E-state index contributed by atoms with van der Waals surface area (Å²) in [4.78, 5) is 0. The Hall–Kier alpha value is -0.0831. The Kier molecular flexibility index (Phi) is 4.39. The molecule has 0 saturated carbocycles. The Morgan fingerprint density at radius 2 is 2.00 bits per heavy atom. The fourth-order valence-corrected chi connectivity index (χ4v) is 3.15. The molecule has 0 aromatic rings. The zero-order valence-corrected chi connectivity index (χ0v) is 11.1. The topological polar surface area (TPSA) is 9.23 Å². The molecule has 1 unspecified atom stereocenters. The zero-order valence-electron chi connectivity index (χ0n) is 10.1. The monoisotopic (exact) mass is 212 g/mol. The molecule has 14 heavy (non-hydrogen) atoms. The predicted molar refractivity (Wildman–Crippen MR) is 65.1 cm³/mol. The summed E-state index contributed by atoms with van der Waals surface area (Å²) in [5.74, 6) is 0. The highest BCUT2D eigenvalue weighted by molar-refractivity contribution is 6.69. The van der Waals surface area contributed by atoms with Crippen molar-refractivity contribution >= 4 is 8.32 Å². The quantitative estimate of drug-likeness (QED) is 0.494. The Bertz CT molecular complexity index is 203. The van der Waals surface area contributed by atoms with Gasteiger partial charge in [-0.1, -0.05) is 18.1 Å². The van der Waals surface area contributed by atoms with E-state index in [9.17, 15) is 0 Å². The average molecular weight is 212 g/mol. The molecule has 2 heteroatoms. The van der Waals surface area contributed by atoms with E-state index in [4.69, 9.17) is 4.43 Å². The smallest absolute Gasteiger partial charge is 0.184 e. The first-order valence-electron chi connectivity index (χ1n) is 5.81. The van der Waals surface area contributed by atoms with Crippen LogP contribution >= 0.6 is 0 Å². The summed E-state index contributed by atoms with van der Waals surface area (Å²) in [7, 11) is -1.33. The minimum absolute atomic E-state index is 0.497. The van der Waals surface area contributed by atoms with E-state index in [1.807, 2.05) is 0 Å². The maximum Gasteiger partial charge on any atom is 0.184 e. The highest BCUT2D eigenvalue weighted by atomic mass is 28.4. The molecule has 0 amide bonds. The maximum absolute atomic E-state index is 6.16. The molecule has 0 aromatic heterocycles. The van der Waals surface area contributed by atoms with Crippen LogP contribution in [0.4, 0.5) is 0 Å². The normalized spacial score (nSPS) is 25.1. The van der Waals surface area contributed by atoms with Crippen LogP contribution in [0.25, 0.3) is 0 Å². The van der Waals surface area contributed by atoms with Gasteiger partial charge < -0.3 is 4.43 Å². The largest absolute Gasteiger partial charge is 0.414 e. The van der Waals surface area contributed by atoms with Gasteiger partial charge in [-0.15, -0.1) is 0 Å². The number of rotatable bonds is 2. The van der Waals surface area contributed by atoms with E-state index < -0.39 is 8.32 Å². The molecule has 0 fully saturated rings. The van der Waals surface area contributed by atoms with E-state index >= 15 is 0 Å². The summed E-state index contributed by atoms with van der Waals surface area (Å²) in [6.45, 7) is 9.09. The van der Waals surface area contributed by atoms with Crippen LogP contribution in [0.2, 0.25) is 19.6 Å². The highest BCUT2D eigenvalue weighted by Gasteiger charge is 2.20. The molecule has 0 radical (unpaired) electrons. The summed E-state index contributed by atoms with van der Waals surface area (Å²) in [6, 6.07) is 0. The lowest BCUT2D eigenvalue weighted by Crippen LogP contribution is -2.32. The molecule has 0 N–H and O–H groups in total. The molecule has 0 saturated heterocycles. The third kappa shape index (κ3) is 4.96. The van der Waals surface area contributed by atoms with E-state index in [0.717, 1.165) is 6.42 Å². The summed E-state index contributed by atoms with van der Waals surface area (Å²) in [5, 5.41) is 0. The van der Waals surface area contributed by atoms with Crippen molar-refractivity contribution in [2.24, 2.45) is 0 Å². The second-order valence-electron chi connectivity index (χ2n) is 5.38. The van der Waals surface area contributed by atoms with Crippen molar-refractivity contribution in [1.82, 2.24) is 0 Å². The van der Waals surface area contributed by atoms with Crippen LogP contribution in [0.3, 0.4) is 0 Å². The van der Waals surface area contributed by atoms with Crippen LogP contribution in [0.1, 0.15) is 39.0 Å². The molecular formula is C12H24OSi. The predicted octanol–water partition coefficient (Wildman–Crippen LogP) is 4.12. The standard InChI is InChI=1S/C12H24OSi/c1-11-7-5-6-8-12(10-9-11)13-14(2,3)4/h9,12H,5-8,10H2,1-4H3. The van der Waals surface area contributed by atoms with Crippen molar-refractivity contribution in [1.29, 1.82) is 0 Å². The van der Waals surface area contributed by atoms with Crippen molar-refractivity contribution in [3.63, 3.8) is 0 Å². The van der Waals surface area contributed by atoms with Crippen LogP contribution in [-0.2, 0) is 4.43 Å². The van der Waals surface area contributed by atoms with Crippen LogP contribution < -0.4 is 0 Å². The lowest BCUT2D eigenvalue weighted by Gasteiger charge is -2.27. The first kappa shape index (κ1) is 12.0. The van der Waals surface area contributed by atoms with Gasteiger partial charge in [0.1, 0.15) is 0 Å². The van der Waals surface area contributed by atoms with Gasteiger partial charge in [-0.3, -0.25) is 0 Å². The lowest BCUT2D eigenvalue weighted by atomic mass is 9.99. The zero-order chi connectivity index (χ0) is 10.6. The number of hydrogen-bond donors (Lipinski definition) is 0. The van der Waals surface area contributed by atoms with E-state index in [1.165, 1.54) is 25.7 Å². The first-order valence-corrected chi connectivity index (χ1v) is 9.22. The van der Waals surface area contributed by atoms with Crippen molar-refractivity contribution in [2.45, 2.75) is 64.8 Å². The van der Waals surface area contributed by atoms with Crippen molar-refractivity contribution < 1.29 is 4.43 Å². The Morgan fingerprint density at radius 1 is 1.29 bits per heavy atom. The van der Waals surface area contributed by atoms with Gasteiger partial charge in [0.2, 0.25) is 0 Å². The molecule has 1 aliphatic carbocycles. The van der Waals surface area contributed by atoms with E-state index in [1.54, 1.807) is 5.57 Å². The van der Waals surface area contributed by atoms with E-state index in [-0.39, 0.29) is 0 Å². The molecule has 1 nitrogen and oxygen atoms in total. The highest BCUT2D eigenvalue weighted by Crippen LogP contribution is 2.21. The van der Waals surface area contributed by atoms with E-state index in [2.05, 4.69) is 32.6 Å². The molecule has 82 valence electrons. The molecule has 1 rings (SSSR count). The average Bonchev–Trinajstić information content (AvgIpc) is 2.02. The molecule has 1 aliphatic rings. The third-order valence-electron chi connectivity index (χ3n) is 2.60. The first-order chi connectivity index (χ1) is 6.47. The molecule has 1 atom stereocenters. The number of hydrogen-bond acceptors (Lipinski definition) is 1. The Labute approximate surface area is 89.7 Å². The Morgan fingerprint density at radius 3 is 2.64 bits per heavy atom. The van der Waals surface area contributed by atoms with E-state index in [0.29, 0.717) is 6.10 Å². The van der Waals surface area contributed by atoms with Crippen molar-refractivity contribution in [2.75, 3.05) is 0 Å². The number of allylic oxidation sites excluding steroid dienone is 1. The SMILES string of the molecule is CC1=CCC(O[Si](C)(C)C)CCCC1. The molecule has 0 aromatic carbocycles. The molecule has 0 heterocycles. The van der Waals surface area contributed by atoms with Gasteiger partial charge in [-0.05, 0) is 52.2 Å². The van der Waals surface area contributed by atoms with Crippen molar-refractivity contribution in [3.05, 3.63) is 11.6 Å². The summed E-state index contributed by atoms with van der Waals surface area (Å²) in [6.07, 6.45) is 9.24. The molecule has 0 aliphatic heterocycles. The lowest BCUT2D eigenvalue weighted by molar-refractivity contribution is 0.181. The minimum atomic E-state index is -1.33. The van der Waals surface area contributed by atoms with Crippen LogP contribution in [0.15, 0.2) is 11.6 Å². The molecular weight excluding hydrogens is 188 g/mol. The fourth-order valence-electron chi connectivity index (χ4n) is 1.94. The summed E-state index contributed by atoms with van der Waals surface area (Å²) < 4.78 is 6.16. The van der Waals surface area contributed by atoms with Crippen LogP contribution in [-0.4, -0.2) is 14.4 Å². The van der Waals surface area contributed by atoms with Gasteiger partial charge >= 0.3 is 0 Å². The van der Waals surface area contributed by atoms with Gasteiger partial charge in [0.25, 0.3) is 0 Å². The fraction of sp³-hybridized carbons (Fsp3) is 0.833. The van der Waals surface area contributed by atoms with Gasteiger partial charge in [0.05, 0.1) is 0 Å². The molecule has 0 bridgehead atoms. The van der Waals surface area contributed by atoms with Crippen LogP contribution in [0.5, 0.6) is 0 Å².